The molecule has 0 aliphatic heterocycles. The van der Waals surface area contributed by atoms with Crippen molar-refractivity contribution in [1.82, 2.24) is 37.2 Å². The van der Waals surface area contributed by atoms with E-state index in [2.05, 4.69) is 92.1 Å². The first-order chi connectivity index (χ1) is 19.4. The molecular formula is C36H132F7GeN7OSSeSi. The molecule has 0 aromatic rings. The Hall–Kier alpha value is 0.819. The minimum atomic E-state index is 0. The van der Waals surface area contributed by atoms with E-state index >= 15 is 0 Å². The van der Waals surface area contributed by atoms with E-state index in [0.717, 1.165) is 15.0 Å². The molecule has 19 heteroatoms. The van der Waals surface area contributed by atoms with Crippen LogP contribution in [0.5, 0.6) is 0 Å². The second-order valence-electron chi connectivity index (χ2n) is 6.85. The average molecular weight is 1020 g/mol. The second kappa shape index (κ2) is 831. The van der Waals surface area contributed by atoms with E-state index < -0.39 is 0 Å². The van der Waals surface area contributed by atoms with Crippen molar-refractivity contribution in [3.63, 3.8) is 0 Å². The summed E-state index contributed by atoms with van der Waals surface area (Å²) in [4.78, 5) is 0. The van der Waals surface area contributed by atoms with Crippen LogP contribution in [0.4, 0.5) is 32.9 Å². The van der Waals surface area contributed by atoms with Crippen LogP contribution in [0.1, 0.15) is 86.1 Å². The summed E-state index contributed by atoms with van der Waals surface area (Å²) >= 11 is 2.75. The van der Waals surface area contributed by atoms with Gasteiger partial charge in [-0.25, -0.2) is 0 Å². The molecule has 8 nitrogen and oxygen atoms in total. The van der Waals surface area contributed by atoms with Gasteiger partial charge in [0, 0.05) is 23.7 Å². The summed E-state index contributed by atoms with van der Waals surface area (Å²) in [6, 6.07) is 0. The number of nitrogens with one attached hydrogen (secondary N) is 7. The van der Waals surface area contributed by atoms with Crippen LogP contribution in [0, 0.1) is 0 Å². The zero-order chi connectivity index (χ0) is 37.2. The summed E-state index contributed by atoms with van der Waals surface area (Å²) in [5, 5.41) is 19.2. The molecule has 0 aliphatic rings. The van der Waals surface area contributed by atoms with E-state index in [4.69, 9.17) is 0 Å². The van der Waals surface area contributed by atoms with E-state index in [9.17, 15) is 0 Å². The fourth-order valence-corrected chi connectivity index (χ4v) is 0. The Labute approximate surface area is 372 Å². The summed E-state index contributed by atoms with van der Waals surface area (Å²) in [5.74, 6) is 9.00. The van der Waals surface area contributed by atoms with E-state index in [-0.39, 0.29) is 100 Å². The summed E-state index contributed by atoms with van der Waals surface area (Å²) < 4.78 is 4.25. The molecule has 0 unspecified atom stereocenters. The number of hydrogen-bond donors (Lipinski definition) is 7. The molecule has 0 saturated carbocycles. The zero-order valence-corrected chi connectivity index (χ0v) is 44.6. The molecule has 0 radical (unpaired) electrons. The van der Waals surface area contributed by atoms with Gasteiger partial charge in [0.2, 0.25) is 0 Å². The standard InChI is InChI=1S/C3H8.C2H8Ge.7C2H7N.C2H6O.C2H6S.C2H6Se.C2H8Si.C2H6.7CH4.7FH/c13*1-3-2;1-2;;;;;;;;;;;;;;/h2*3H2,1-2H3;7*3H,1-2H3;3*1-2H3;3H2,1-2H3;1-2H3;7*1H4;7*1H. The molecule has 0 amide bonds. The van der Waals surface area contributed by atoms with Crippen LogP contribution >= 0.6 is 11.8 Å². The fourth-order valence-electron chi connectivity index (χ4n) is 0. The molecule has 0 bridgehead atoms. The predicted molar refractivity (Wildman–Crippen MR) is 287 cm³/mol. The predicted octanol–water partition coefficient (Wildman–Crippen LogP) is 9.34. The van der Waals surface area contributed by atoms with Crippen LogP contribution in [0.25, 0.3) is 0 Å². The second-order valence-corrected chi connectivity index (χ2v) is 13.8. The molecule has 0 fully saturated rings. The van der Waals surface area contributed by atoms with Crippen LogP contribution in [0.15, 0.2) is 0 Å². The van der Waals surface area contributed by atoms with Crippen molar-refractivity contribution in [2.24, 2.45) is 0 Å². The third-order valence-electron chi connectivity index (χ3n) is 0. The molecule has 0 rings (SSSR count). The van der Waals surface area contributed by atoms with Gasteiger partial charge in [-0.1, -0.05) is 99.2 Å². The van der Waals surface area contributed by atoms with Gasteiger partial charge >= 0.3 is 53.5 Å². The van der Waals surface area contributed by atoms with Gasteiger partial charge in [-0.15, -0.1) is 0 Å². The number of methoxy groups -OCH3 is 1. The Balaban J connectivity index is -0.00000000539. The Bertz CT molecular complexity index is 141. The van der Waals surface area contributed by atoms with Crippen LogP contribution in [-0.4, -0.2) is 165 Å². The maximum atomic E-state index is 4.25. The Morgan fingerprint density at radius 1 is 0.455 bits per heavy atom. The van der Waals surface area contributed by atoms with E-state index in [1.807, 2.05) is 125 Å². The summed E-state index contributed by atoms with van der Waals surface area (Å²) in [6.45, 7) is 12.8. The number of rotatable bonds is 0. The van der Waals surface area contributed by atoms with Gasteiger partial charge in [0.15, 0.2) is 0 Å². The van der Waals surface area contributed by atoms with Crippen molar-refractivity contribution in [1.29, 1.82) is 0 Å². The van der Waals surface area contributed by atoms with E-state index in [1.54, 1.807) is 26.0 Å². The number of hydrogen-bond acceptors (Lipinski definition) is 9. The molecule has 0 spiro atoms. The molecule has 386 valence electrons. The fraction of sp³-hybridized carbons (Fsp3) is 1.00. The van der Waals surface area contributed by atoms with Crippen molar-refractivity contribution < 1.29 is 37.7 Å². The minimum absolute atomic E-state index is 0. The van der Waals surface area contributed by atoms with Gasteiger partial charge in [0.1, 0.15) is 0 Å². The molecule has 55 heavy (non-hydrogen) atoms. The Morgan fingerprint density at radius 3 is 0.455 bits per heavy atom. The molecule has 0 saturated heterocycles. The normalized spacial score (nSPS) is 4.36. The van der Waals surface area contributed by atoms with E-state index in [1.165, 1.54) is 6.42 Å². The third kappa shape index (κ3) is 228000. The molecule has 0 aliphatic carbocycles. The Kier molecular flexibility index (Phi) is 3280. The first-order valence-electron chi connectivity index (χ1n) is 14.7. The molecule has 0 heterocycles. The van der Waals surface area contributed by atoms with Gasteiger partial charge in [-0.05, 0) is 111 Å². The summed E-state index contributed by atoms with van der Waals surface area (Å²) in [5.41, 5.74) is 0. The molecular weight excluding hydrogens is 891 g/mol. The number of halogens is 7. The monoisotopic (exact) mass is 1030 g/mol. The first-order valence-corrected chi connectivity index (χ1v) is 28.5. The first kappa shape index (κ1) is 217. The molecule has 0 aromatic heterocycles. The van der Waals surface area contributed by atoms with Crippen molar-refractivity contribution in [3.05, 3.63) is 0 Å². The van der Waals surface area contributed by atoms with Gasteiger partial charge in [-0.2, -0.15) is 11.8 Å². The van der Waals surface area contributed by atoms with Crippen LogP contribution in [-0.2, 0) is 4.74 Å². The van der Waals surface area contributed by atoms with Crippen molar-refractivity contribution in [2.75, 3.05) is 125 Å². The average Bonchev–Trinajstić information content (AvgIpc) is 2.87. The van der Waals surface area contributed by atoms with E-state index in [0.29, 0.717) is 9.52 Å². The van der Waals surface area contributed by atoms with Crippen LogP contribution < -0.4 is 37.2 Å². The number of ether oxygens (including phenoxy) is 1. The summed E-state index contributed by atoms with van der Waals surface area (Å²) in [7, 11) is 29.9. The summed E-state index contributed by atoms with van der Waals surface area (Å²) in [6.07, 6.45) is 5.33. The van der Waals surface area contributed by atoms with Gasteiger partial charge in [-0.3, -0.25) is 32.9 Å². The molecule has 7 N–H and O–H groups in total. The van der Waals surface area contributed by atoms with Crippen molar-refractivity contribution in [3.8, 4) is 0 Å². The van der Waals surface area contributed by atoms with Gasteiger partial charge < -0.3 is 42.0 Å². The molecule has 0 atom stereocenters. The van der Waals surface area contributed by atoms with Gasteiger partial charge in [0.25, 0.3) is 0 Å². The van der Waals surface area contributed by atoms with Crippen molar-refractivity contribution >= 4 is 51.7 Å². The van der Waals surface area contributed by atoms with Gasteiger partial charge in [0.05, 0.1) is 0 Å². The third-order valence-corrected chi connectivity index (χ3v) is 0. The SMILES string of the molecule is C.C.C.C.C.C.C.CC.CCC.CNC.CNC.CNC.CNC.CNC.CNC.CNC.COC.CSC.C[Se]C.C[SiH2]C.F.F.F.F.F.F.F.[CH3][GeH2][CH3]. The quantitative estimate of drug-likeness (QED) is 0.0948. The van der Waals surface area contributed by atoms with Crippen molar-refractivity contribution in [2.45, 2.75) is 122 Å². The molecule has 0 aromatic carbocycles. The topological polar surface area (TPSA) is 93.4 Å². The zero-order valence-electron chi connectivity index (χ0n) is 37.7. The Morgan fingerprint density at radius 2 is 0.455 bits per heavy atom. The maximum absolute atomic E-state index is 4.25. The van der Waals surface area contributed by atoms with Crippen LogP contribution in [0.2, 0.25) is 36.3 Å². The number of thioether (sulfide) groups is 1. The van der Waals surface area contributed by atoms with Crippen LogP contribution in [0.3, 0.4) is 0 Å².